The van der Waals surface area contributed by atoms with Crippen molar-refractivity contribution in [1.29, 1.82) is 0 Å². The SMILES string of the molecule is CN1C(=O)C2Sc3ccccc3N(C(=O)CBr)C2C1=O. The number of likely N-dealkylation sites (tertiary alicyclic amines) is 1. The zero-order valence-corrected chi connectivity index (χ0v) is 13.0. The van der Waals surface area contributed by atoms with Crippen molar-refractivity contribution in [3.8, 4) is 0 Å². The number of rotatable bonds is 1. The zero-order chi connectivity index (χ0) is 14.4. The molecule has 0 bridgehead atoms. The first kappa shape index (κ1) is 13.6. The summed E-state index contributed by atoms with van der Waals surface area (Å²) in [6.45, 7) is 0. The Hall–Kier alpha value is -1.34. The lowest BCUT2D eigenvalue weighted by atomic mass is 10.1. The van der Waals surface area contributed by atoms with Crippen LogP contribution in [0.4, 0.5) is 5.69 Å². The Morgan fingerprint density at radius 3 is 2.70 bits per heavy atom. The molecule has 2 aliphatic heterocycles. The molecule has 7 heteroatoms. The number of thioether (sulfide) groups is 1. The first-order chi connectivity index (χ1) is 9.56. The maximum Gasteiger partial charge on any atom is 0.253 e. The van der Waals surface area contributed by atoms with Gasteiger partial charge in [0.2, 0.25) is 11.8 Å². The van der Waals surface area contributed by atoms with E-state index in [1.54, 1.807) is 6.07 Å². The Kier molecular flexibility index (Phi) is 3.33. The predicted octanol–water partition coefficient (Wildman–Crippen LogP) is 1.26. The summed E-state index contributed by atoms with van der Waals surface area (Å²) in [5.41, 5.74) is 0.694. The molecule has 0 saturated carbocycles. The van der Waals surface area contributed by atoms with Crippen LogP contribution in [-0.4, -0.2) is 46.3 Å². The van der Waals surface area contributed by atoms with Crippen molar-refractivity contribution in [3.05, 3.63) is 24.3 Å². The molecule has 2 unspecified atom stereocenters. The van der Waals surface area contributed by atoms with Crippen molar-refractivity contribution in [2.45, 2.75) is 16.2 Å². The number of carbonyl (C=O) groups excluding carboxylic acids is 3. The van der Waals surface area contributed by atoms with Gasteiger partial charge in [0.1, 0.15) is 11.3 Å². The van der Waals surface area contributed by atoms with Crippen molar-refractivity contribution in [2.75, 3.05) is 17.3 Å². The van der Waals surface area contributed by atoms with Crippen molar-refractivity contribution < 1.29 is 14.4 Å². The van der Waals surface area contributed by atoms with Crippen LogP contribution < -0.4 is 4.90 Å². The van der Waals surface area contributed by atoms with Gasteiger partial charge in [0.05, 0.1) is 11.0 Å². The van der Waals surface area contributed by atoms with Gasteiger partial charge in [0, 0.05) is 11.9 Å². The van der Waals surface area contributed by atoms with E-state index in [1.807, 2.05) is 18.2 Å². The van der Waals surface area contributed by atoms with Gasteiger partial charge in [0.15, 0.2) is 0 Å². The van der Waals surface area contributed by atoms with Crippen LogP contribution in [0.3, 0.4) is 0 Å². The van der Waals surface area contributed by atoms with Crippen LogP contribution in [0.1, 0.15) is 0 Å². The van der Waals surface area contributed by atoms with Gasteiger partial charge in [-0.25, -0.2) is 0 Å². The van der Waals surface area contributed by atoms with Gasteiger partial charge < -0.3 is 0 Å². The highest BCUT2D eigenvalue weighted by atomic mass is 79.9. The number of imide groups is 1. The molecule has 1 fully saturated rings. The number of halogens is 1. The molecule has 2 atom stereocenters. The second kappa shape index (κ2) is 4.89. The van der Waals surface area contributed by atoms with E-state index in [-0.39, 0.29) is 23.1 Å². The van der Waals surface area contributed by atoms with E-state index in [2.05, 4.69) is 15.9 Å². The van der Waals surface area contributed by atoms with Gasteiger partial charge in [-0.05, 0) is 12.1 Å². The number of alkyl halides is 1. The number of para-hydroxylation sites is 1. The lowest BCUT2D eigenvalue weighted by molar-refractivity contribution is -0.137. The van der Waals surface area contributed by atoms with Crippen LogP contribution in [0.2, 0.25) is 0 Å². The average molecular weight is 355 g/mol. The summed E-state index contributed by atoms with van der Waals surface area (Å²) in [6.07, 6.45) is 0. The normalized spacial score (nSPS) is 24.7. The fourth-order valence-electron chi connectivity index (χ4n) is 2.52. The van der Waals surface area contributed by atoms with Crippen LogP contribution in [0.25, 0.3) is 0 Å². The Morgan fingerprint density at radius 2 is 2.00 bits per heavy atom. The van der Waals surface area contributed by atoms with Crippen molar-refractivity contribution in [1.82, 2.24) is 4.90 Å². The number of anilines is 1. The van der Waals surface area contributed by atoms with Crippen molar-refractivity contribution >= 4 is 51.1 Å². The number of hydrogen-bond donors (Lipinski definition) is 0. The molecule has 2 heterocycles. The summed E-state index contributed by atoms with van der Waals surface area (Å²) in [4.78, 5) is 40.1. The minimum atomic E-state index is -0.738. The van der Waals surface area contributed by atoms with E-state index in [0.29, 0.717) is 5.69 Å². The summed E-state index contributed by atoms with van der Waals surface area (Å²) in [5, 5.41) is -0.439. The second-order valence-electron chi connectivity index (χ2n) is 4.58. The standard InChI is InChI=1S/C13H11BrN2O3S/c1-15-12(18)10-11(13(15)19)20-8-5-3-2-4-7(8)16(10)9(17)6-14/h2-5,10-11H,6H2,1H3. The molecule has 0 N–H and O–H groups in total. The van der Waals surface area contributed by atoms with E-state index >= 15 is 0 Å². The lowest BCUT2D eigenvalue weighted by Crippen LogP contribution is -2.51. The molecule has 0 spiro atoms. The Morgan fingerprint density at radius 1 is 1.30 bits per heavy atom. The van der Waals surface area contributed by atoms with E-state index in [9.17, 15) is 14.4 Å². The van der Waals surface area contributed by atoms with Gasteiger partial charge in [-0.1, -0.05) is 28.1 Å². The molecule has 0 aliphatic carbocycles. The molecule has 1 aromatic carbocycles. The zero-order valence-electron chi connectivity index (χ0n) is 10.6. The highest BCUT2D eigenvalue weighted by Gasteiger charge is 2.53. The third kappa shape index (κ3) is 1.80. The number of likely N-dealkylation sites (N-methyl/N-ethyl adjacent to an activating group) is 1. The predicted molar refractivity (Wildman–Crippen MR) is 78.9 cm³/mol. The van der Waals surface area contributed by atoms with Crippen LogP contribution >= 0.6 is 27.7 Å². The van der Waals surface area contributed by atoms with Crippen LogP contribution in [-0.2, 0) is 14.4 Å². The molecule has 1 aromatic rings. The van der Waals surface area contributed by atoms with Gasteiger partial charge in [-0.15, -0.1) is 11.8 Å². The molecule has 0 radical (unpaired) electrons. The Bertz CT molecular complexity index is 621. The number of hydrogen-bond acceptors (Lipinski definition) is 4. The van der Waals surface area contributed by atoms with Crippen LogP contribution in [0.5, 0.6) is 0 Å². The number of amides is 3. The Balaban J connectivity index is 2.15. The third-order valence-electron chi connectivity index (χ3n) is 3.48. The number of benzene rings is 1. The molecule has 3 rings (SSSR count). The highest BCUT2D eigenvalue weighted by Crippen LogP contribution is 2.45. The summed E-state index contributed by atoms with van der Waals surface area (Å²) in [6, 6.07) is 6.60. The summed E-state index contributed by atoms with van der Waals surface area (Å²) in [7, 11) is 1.46. The van der Waals surface area contributed by atoms with Crippen LogP contribution in [0, 0.1) is 0 Å². The smallest absolute Gasteiger partial charge is 0.253 e. The van der Waals surface area contributed by atoms with Crippen molar-refractivity contribution in [3.63, 3.8) is 0 Å². The molecular weight excluding hydrogens is 344 g/mol. The van der Waals surface area contributed by atoms with E-state index < -0.39 is 11.3 Å². The molecule has 0 aromatic heterocycles. The molecule has 104 valence electrons. The first-order valence-corrected chi connectivity index (χ1v) is 8.01. The van der Waals surface area contributed by atoms with E-state index in [4.69, 9.17) is 0 Å². The summed E-state index contributed by atoms with van der Waals surface area (Å²) >= 11 is 4.50. The fraction of sp³-hybridized carbons (Fsp3) is 0.308. The van der Waals surface area contributed by atoms with Crippen molar-refractivity contribution in [2.24, 2.45) is 0 Å². The summed E-state index contributed by atoms with van der Waals surface area (Å²) in [5.74, 6) is -0.785. The fourth-order valence-corrected chi connectivity index (χ4v) is 4.13. The molecule has 5 nitrogen and oxygen atoms in total. The number of nitrogens with zero attached hydrogens (tertiary/aromatic N) is 2. The molecular formula is C13H11BrN2O3S. The van der Waals surface area contributed by atoms with Gasteiger partial charge in [0.25, 0.3) is 5.91 Å². The monoisotopic (exact) mass is 354 g/mol. The van der Waals surface area contributed by atoms with Gasteiger partial charge >= 0.3 is 0 Å². The topological polar surface area (TPSA) is 57.7 Å². The Labute approximate surface area is 128 Å². The summed E-state index contributed by atoms with van der Waals surface area (Å²) < 4.78 is 0. The molecule has 2 aliphatic rings. The maximum absolute atomic E-state index is 12.3. The maximum atomic E-state index is 12.3. The van der Waals surface area contributed by atoms with E-state index in [0.717, 1.165) is 9.80 Å². The number of carbonyl (C=O) groups is 3. The highest BCUT2D eigenvalue weighted by molar-refractivity contribution is 9.09. The van der Waals surface area contributed by atoms with Crippen LogP contribution in [0.15, 0.2) is 29.2 Å². The second-order valence-corrected chi connectivity index (χ2v) is 6.33. The third-order valence-corrected chi connectivity index (χ3v) is 5.28. The number of fused-ring (bicyclic) bond motifs is 2. The minimum Gasteiger partial charge on any atom is -0.296 e. The van der Waals surface area contributed by atoms with E-state index in [1.165, 1.54) is 23.7 Å². The largest absolute Gasteiger partial charge is 0.296 e. The quantitative estimate of drug-likeness (QED) is 0.562. The minimum absolute atomic E-state index is 0.112. The van der Waals surface area contributed by atoms with Gasteiger partial charge in [-0.3, -0.25) is 24.2 Å². The average Bonchev–Trinajstić information content (AvgIpc) is 2.69. The lowest BCUT2D eigenvalue weighted by Gasteiger charge is -2.35. The molecule has 20 heavy (non-hydrogen) atoms. The van der Waals surface area contributed by atoms with Gasteiger partial charge in [-0.2, -0.15) is 0 Å². The first-order valence-electron chi connectivity index (χ1n) is 6.01. The molecule has 1 saturated heterocycles. The molecule has 3 amide bonds.